The minimum Gasteiger partial charge on any atom is -0.395 e. The molecule has 5 heteroatoms. The fourth-order valence-corrected chi connectivity index (χ4v) is 3.12. The van der Waals surface area contributed by atoms with E-state index in [1.807, 2.05) is 6.92 Å². The molecule has 1 aliphatic heterocycles. The van der Waals surface area contributed by atoms with Crippen LogP contribution in [0.3, 0.4) is 0 Å². The lowest BCUT2D eigenvalue weighted by atomic mass is 10.0. The number of carbonyl (C=O) groups is 1. The van der Waals surface area contributed by atoms with Crippen molar-refractivity contribution in [3.63, 3.8) is 0 Å². The number of rotatable bonds is 5. The van der Waals surface area contributed by atoms with Gasteiger partial charge in [0.2, 0.25) is 5.91 Å². The van der Waals surface area contributed by atoms with Crippen molar-refractivity contribution < 1.29 is 15.0 Å². The standard InChI is InChI=1S/C10H19NO3S/c1-10(3-2-8-15-10)9(14)11(4-6-12)5-7-13/h12-13H,2-8H2,1H3. The third-order valence-electron chi connectivity index (χ3n) is 2.70. The summed E-state index contributed by atoms with van der Waals surface area (Å²) in [6.07, 6.45) is 1.96. The van der Waals surface area contributed by atoms with Gasteiger partial charge in [-0.25, -0.2) is 0 Å². The Morgan fingerprint density at radius 3 is 2.40 bits per heavy atom. The second-order valence-electron chi connectivity index (χ2n) is 3.92. The van der Waals surface area contributed by atoms with Gasteiger partial charge < -0.3 is 15.1 Å². The lowest BCUT2D eigenvalue weighted by molar-refractivity contribution is -0.134. The van der Waals surface area contributed by atoms with Crippen LogP contribution in [0.15, 0.2) is 0 Å². The number of aliphatic hydroxyl groups is 2. The first kappa shape index (κ1) is 12.8. The number of hydrogen-bond donors (Lipinski definition) is 2. The summed E-state index contributed by atoms with van der Waals surface area (Å²) < 4.78 is -0.343. The Morgan fingerprint density at radius 2 is 2.00 bits per heavy atom. The van der Waals surface area contributed by atoms with Gasteiger partial charge in [-0.1, -0.05) is 0 Å². The lowest BCUT2D eigenvalue weighted by Gasteiger charge is -2.30. The van der Waals surface area contributed by atoms with Crippen LogP contribution in [0.4, 0.5) is 0 Å². The molecule has 0 aromatic heterocycles. The molecule has 1 fully saturated rings. The zero-order valence-corrected chi connectivity index (χ0v) is 9.92. The van der Waals surface area contributed by atoms with Crippen molar-refractivity contribution in [2.24, 2.45) is 0 Å². The van der Waals surface area contributed by atoms with Gasteiger partial charge in [0.25, 0.3) is 0 Å². The third-order valence-corrected chi connectivity index (χ3v) is 4.21. The molecule has 1 saturated heterocycles. The van der Waals surface area contributed by atoms with Gasteiger partial charge in [0.05, 0.1) is 18.0 Å². The molecule has 0 aliphatic carbocycles. The number of aliphatic hydroxyl groups excluding tert-OH is 2. The molecule has 4 nitrogen and oxygen atoms in total. The molecule has 1 atom stereocenters. The summed E-state index contributed by atoms with van der Waals surface area (Å²) in [7, 11) is 0. The van der Waals surface area contributed by atoms with E-state index in [0.29, 0.717) is 13.1 Å². The Bertz CT molecular complexity index is 211. The summed E-state index contributed by atoms with van der Waals surface area (Å²) in [5.74, 6) is 1.07. The molecule has 2 N–H and O–H groups in total. The minimum atomic E-state index is -0.343. The average molecular weight is 233 g/mol. The molecule has 0 saturated carbocycles. The summed E-state index contributed by atoms with van der Waals surface area (Å²) in [5, 5.41) is 17.7. The number of amides is 1. The molecule has 0 aromatic rings. The first-order valence-electron chi connectivity index (χ1n) is 5.29. The van der Waals surface area contributed by atoms with Crippen molar-refractivity contribution in [2.45, 2.75) is 24.5 Å². The number of carbonyl (C=O) groups excluding carboxylic acids is 1. The van der Waals surface area contributed by atoms with Crippen molar-refractivity contribution in [3.8, 4) is 0 Å². The maximum atomic E-state index is 12.1. The quantitative estimate of drug-likeness (QED) is 0.706. The van der Waals surface area contributed by atoms with Crippen molar-refractivity contribution in [3.05, 3.63) is 0 Å². The summed E-state index contributed by atoms with van der Waals surface area (Å²) in [5.41, 5.74) is 0. The van der Waals surface area contributed by atoms with Crippen molar-refractivity contribution >= 4 is 17.7 Å². The van der Waals surface area contributed by atoms with E-state index in [1.165, 1.54) is 0 Å². The Hall–Kier alpha value is -0.260. The van der Waals surface area contributed by atoms with Crippen molar-refractivity contribution in [2.75, 3.05) is 32.1 Å². The highest BCUT2D eigenvalue weighted by Crippen LogP contribution is 2.39. The molecule has 1 amide bonds. The van der Waals surface area contributed by atoms with Crippen LogP contribution in [0.5, 0.6) is 0 Å². The molecule has 0 radical (unpaired) electrons. The topological polar surface area (TPSA) is 60.8 Å². The summed E-state index contributed by atoms with van der Waals surface area (Å²) in [4.78, 5) is 13.7. The Labute approximate surface area is 94.7 Å². The lowest BCUT2D eigenvalue weighted by Crippen LogP contribution is -2.46. The van der Waals surface area contributed by atoms with Gasteiger partial charge in [-0.15, -0.1) is 11.8 Å². The van der Waals surface area contributed by atoms with Crippen LogP contribution in [0.25, 0.3) is 0 Å². The SMILES string of the molecule is CC1(C(=O)N(CCO)CCO)CCCS1. The zero-order chi connectivity index (χ0) is 11.3. The van der Waals surface area contributed by atoms with Crippen LogP contribution in [-0.4, -0.2) is 57.8 Å². The third kappa shape index (κ3) is 3.09. The molecule has 0 aromatic carbocycles. The molecule has 1 heterocycles. The van der Waals surface area contributed by atoms with Crippen LogP contribution < -0.4 is 0 Å². The Kier molecular flexibility index (Phi) is 4.89. The Morgan fingerprint density at radius 1 is 1.40 bits per heavy atom. The number of thioether (sulfide) groups is 1. The van der Waals surface area contributed by atoms with E-state index in [-0.39, 0.29) is 23.9 Å². The van der Waals surface area contributed by atoms with E-state index >= 15 is 0 Å². The van der Waals surface area contributed by atoms with Crippen molar-refractivity contribution in [1.29, 1.82) is 0 Å². The maximum absolute atomic E-state index is 12.1. The molecule has 0 bridgehead atoms. The molecule has 15 heavy (non-hydrogen) atoms. The molecule has 1 unspecified atom stereocenters. The molecule has 1 rings (SSSR count). The van der Waals surface area contributed by atoms with Crippen LogP contribution in [0.2, 0.25) is 0 Å². The maximum Gasteiger partial charge on any atom is 0.238 e. The van der Waals surface area contributed by atoms with Crippen LogP contribution in [0.1, 0.15) is 19.8 Å². The predicted molar refractivity (Wildman–Crippen MR) is 60.8 cm³/mol. The zero-order valence-electron chi connectivity index (χ0n) is 9.11. The fraction of sp³-hybridized carbons (Fsp3) is 0.900. The van der Waals surface area contributed by atoms with E-state index in [9.17, 15) is 4.79 Å². The predicted octanol–water partition coefficient (Wildman–Crippen LogP) is 0.0853. The molecular formula is C10H19NO3S. The first-order valence-corrected chi connectivity index (χ1v) is 6.27. The highest BCUT2D eigenvalue weighted by atomic mass is 32.2. The Balaban J connectivity index is 2.61. The second kappa shape index (κ2) is 5.72. The molecule has 0 spiro atoms. The van der Waals surface area contributed by atoms with E-state index in [0.717, 1.165) is 18.6 Å². The number of nitrogens with zero attached hydrogens (tertiary/aromatic N) is 1. The van der Waals surface area contributed by atoms with Crippen molar-refractivity contribution in [1.82, 2.24) is 4.90 Å². The van der Waals surface area contributed by atoms with Crippen LogP contribution in [0, 0.1) is 0 Å². The van der Waals surface area contributed by atoms with Gasteiger partial charge in [-0.05, 0) is 25.5 Å². The van der Waals surface area contributed by atoms with E-state index in [1.54, 1.807) is 16.7 Å². The fourth-order valence-electron chi connectivity index (χ4n) is 1.84. The van der Waals surface area contributed by atoms with Gasteiger partial charge in [-0.2, -0.15) is 0 Å². The normalized spacial score (nSPS) is 25.5. The minimum absolute atomic E-state index is 0.0491. The van der Waals surface area contributed by atoms with E-state index < -0.39 is 0 Å². The summed E-state index contributed by atoms with van der Waals surface area (Å²) >= 11 is 1.68. The summed E-state index contributed by atoms with van der Waals surface area (Å²) in [6.45, 7) is 2.48. The first-order chi connectivity index (χ1) is 7.14. The van der Waals surface area contributed by atoms with Crippen LogP contribution >= 0.6 is 11.8 Å². The van der Waals surface area contributed by atoms with E-state index in [4.69, 9.17) is 10.2 Å². The molecule has 88 valence electrons. The average Bonchev–Trinajstić information content (AvgIpc) is 2.65. The van der Waals surface area contributed by atoms with Gasteiger partial charge in [0, 0.05) is 13.1 Å². The highest BCUT2D eigenvalue weighted by Gasteiger charge is 2.39. The second-order valence-corrected chi connectivity index (χ2v) is 5.52. The highest BCUT2D eigenvalue weighted by molar-refractivity contribution is 8.01. The summed E-state index contributed by atoms with van der Waals surface area (Å²) in [6, 6.07) is 0. The van der Waals surface area contributed by atoms with Gasteiger partial charge in [-0.3, -0.25) is 4.79 Å². The largest absolute Gasteiger partial charge is 0.395 e. The number of hydrogen-bond acceptors (Lipinski definition) is 4. The molecular weight excluding hydrogens is 214 g/mol. The van der Waals surface area contributed by atoms with Gasteiger partial charge >= 0.3 is 0 Å². The van der Waals surface area contributed by atoms with E-state index in [2.05, 4.69) is 0 Å². The smallest absolute Gasteiger partial charge is 0.238 e. The molecule has 1 aliphatic rings. The van der Waals surface area contributed by atoms with Gasteiger partial charge in [0.15, 0.2) is 0 Å². The van der Waals surface area contributed by atoms with Gasteiger partial charge in [0.1, 0.15) is 0 Å². The monoisotopic (exact) mass is 233 g/mol. The van der Waals surface area contributed by atoms with Crippen LogP contribution in [-0.2, 0) is 4.79 Å².